The molecule has 1 N–H and O–H groups in total. The minimum Gasteiger partial charge on any atom is -0.324 e. The molecular formula is C21H24N4O5S. The summed E-state index contributed by atoms with van der Waals surface area (Å²) in [6.45, 7) is 3.04. The van der Waals surface area contributed by atoms with Gasteiger partial charge in [-0.2, -0.15) is 0 Å². The average Bonchev–Trinajstić information content (AvgIpc) is 2.92. The molecule has 0 saturated carbocycles. The molecule has 0 radical (unpaired) electrons. The van der Waals surface area contributed by atoms with E-state index < -0.39 is 40.5 Å². The number of carbonyl (C=O) groups is 3. The second-order valence-electron chi connectivity index (χ2n) is 7.45. The number of anilines is 2. The first-order valence-corrected chi connectivity index (χ1v) is 11.0. The van der Waals surface area contributed by atoms with Crippen molar-refractivity contribution in [3.8, 4) is 0 Å². The number of sulfonamides is 1. The van der Waals surface area contributed by atoms with Crippen molar-refractivity contribution in [2.45, 2.75) is 24.8 Å². The Morgan fingerprint density at radius 3 is 2.35 bits per heavy atom. The Balaban J connectivity index is 1.74. The van der Waals surface area contributed by atoms with Gasteiger partial charge >= 0.3 is 6.03 Å². The molecule has 0 spiro atoms. The molecule has 2 aromatic carbocycles. The van der Waals surface area contributed by atoms with Crippen LogP contribution in [0.15, 0.2) is 53.4 Å². The smallest absolute Gasteiger partial charge is 0.324 e. The Kier molecular flexibility index (Phi) is 6.14. The van der Waals surface area contributed by atoms with Crippen molar-refractivity contribution >= 4 is 39.2 Å². The van der Waals surface area contributed by atoms with Crippen molar-refractivity contribution in [3.05, 3.63) is 54.1 Å². The van der Waals surface area contributed by atoms with Gasteiger partial charge in [0, 0.05) is 25.5 Å². The van der Waals surface area contributed by atoms with E-state index >= 15 is 0 Å². The lowest BCUT2D eigenvalue weighted by Crippen LogP contribution is -2.39. The summed E-state index contributed by atoms with van der Waals surface area (Å²) < 4.78 is 25.6. The summed E-state index contributed by atoms with van der Waals surface area (Å²) in [6.07, 6.45) is 0. The molecule has 1 unspecified atom stereocenters. The van der Waals surface area contributed by atoms with Crippen molar-refractivity contribution in [2.75, 3.05) is 30.9 Å². The first-order valence-electron chi connectivity index (χ1n) is 9.56. The van der Waals surface area contributed by atoms with Crippen LogP contribution in [0.4, 0.5) is 16.2 Å². The Bertz CT molecular complexity index is 1130. The summed E-state index contributed by atoms with van der Waals surface area (Å²) in [7, 11) is -0.849. The van der Waals surface area contributed by atoms with Crippen LogP contribution in [-0.2, 0) is 19.6 Å². The fraction of sp³-hybridized carbons (Fsp3) is 0.286. The number of nitrogens with zero attached hydrogens (tertiary/aromatic N) is 3. The topological polar surface area (TPSA) is 107 Å². The van der Waals surface area contributed by atoms with Crippen LogP contribution in [0, 0.1) is 6.92 Å². The molecule has 9 nitrogen and oxygen atoms in total. The minimum atomic E-state index is -3.67. The largest absolute Gasteiger partial charge is 0.332 e. The number of urea groups is 1. The van der Waals surface area contributed by atoms with Crippen LogP contribution >= 0.6 is 0 Å². The highest BCUT2D eigenvalue weighted by Crippen LogP contribution is 2.26. The third-order valence-corrected chi connectivity index (χ3v) is 6.77. The molecule has 1 heterocycles. The van der Waals surface area contributed by atoms with E-state index in [4.69, 9.17) is 0 Å². The quantitative estimate of drug-likeness (QED) is 0.686. The van der Waals surface area contributed by atoms with Crippen molar-refractivity contribution in [2.24, 2.45) is 0 Å². The molecule has 10 heteroatoms. The van der Waals surface area contributed by atoms with Crippen LogP contribution in [0.5, 0.6) is 0 Å². The Morgan fingerprint density at radius 2 is 1.74 bits per heavy atom. The predicted molar refractivity (Wildman–Crippen MR) is 116 cm³/mol. The maximum absolute atomic E-state index is 12.8. The SMILES string of the molecule is Cc1ccc(N2C(=O)N(CC(=O)Nc3cccc(S(=O)(=O)N(C)C)c3)C(=O)C2C)cc1. The van der Waals surface area contributed by atoms with E-state index in [-0.39, 0.29) is 10.6 Å². The molecule has 31 heavy (non-hydrogen) atoms. The van der Waals surface area contributed by atoms with Gasteiger partial charge in [0.1, 0.15) is 12.6 Å². The Morgan fingerprint density at radius 1 is 1.10 bits per heavy atom. The predicted octanol–water partition coefficient (Wildman–Crippen LogP) is 2.04. The molecule has 4 amide bonds. The van der Waals surface area contributed by atoms with Gasteiger partial charge in [-0.05, 0) is 44.2 Å². The molecule has 0 bridgehead atoms. The van der Waals surface area contributed by atoms with Crippen LogP contribution in [0.2, 0.25) is 0 Å². The standard InChI is InChI=1S/C21H24N4O5S/c1-14-8-10-17(11-9-14)25-15(2)20(27)24(21(25)28)13-19(26)22-16-6-5-7-18(12-16)31(29,30)23(3)4/h5-12,15H,13H2,1-4H3,(H,22,26). The van der Waals surface area contributed by atoms with Gasteiger partial charge in [0.25, 0.3) is 5.91 Å². The normalized spacial score (nSPS) is 16.9. The van der Waals surface area contributed by atoms with E-state index in [1.165, 1.54) is 43.3 Å². The second-order valence-corrected chi connectivity index (χ2v) is 9.60. The number of aryl methyl sites for hydroxylation is 1. The lowest BCUT2D eigenvalue weighted by atomic mass is 10.2. The summed E-state index contributed by atoms with van der Waals surface area (Å²) in [5.41, 5.74) is 1.83. The highest BCUT2D eigenvalue weighted by Gasteiger charge is 2.44. The van der Waals surface area contributed by atoms with E-state index in [1.807, 2.05) is 19.1 Å². The summed E-state index contributed by atoms with van der Waals surface area (Å²) in [6, 6.07) is 11.6. The van der Waals surface area contributed by atoms with E-state index in [0.717, 1.165) is 14.8 Å². The van der Waals surface area contributed by atoms with Gasteiger partial charge < -0.3 is 5.32 Å². The number of hydrogen-bond donors (Lipinski definition) is 1. The van der Waals surface area contributed by atoms with E-state index in [1.54, 1.807) is 19.1 Å². The molecular weight excluding hydrogens is 420 g/mol. The maximum atomic E-state index is 12.8. The zero-order chi connectivity index (χ0) is 22.9. The lowest BCUT2D eigenvalue weighted by Gasteiger charge is -2.19. The Labute approximate surface area is 181 Å². The molecule has 0 aliphatic carbocycles. The van der Waals surface area contributed by atoms with Crippen LogP contribution in [0.1, 0.15) is 12.5 Å². The molecule has 1 saturated heterocycles. The summed E-state index contributed by atoms with van der Waals surface area (Å²) in [5, 5.41) is 2.55. The van der Waals surface area contributed by atoms with Crippen molar-refractivity contribution in [1.82, 2.24) is 9.21 Å². The lowest BCUT2D eigenvalue weighted by molar-refractivity contribution is -0.130. The number of imide groups is 1. The first-order chi connectivity index (χ1) is 14.5. The zero-order valence-corrected chi connectivity index (χ0v) is 18.5. The average molecular weight is 445 g/mol. The monoisotopic (exact) mass is 444 g/mol. The van der Waals surface area contributed by atoms with Gasteiger partial charge in [-0.15, -0.1) is 0 Å². The maximum Gasteiger partial charge on any atom is 0.332 e. The molecule has 164 valence electrons. The summed E-state index contributed by atoms with van der Waals surface area (Å²) in [4.78, 5) is 40.2. The summed E-state index contributed by atoms with van der Waals surface area (Å²) >= 11 is 0. The van der Waals surface area contributed by atoms with E-state index in [2.05, 4.69) is 5.32 Å². The highest BCUT2D eigenvalue weighted by molar-refractivity contribution is 7.89. The molecule has 2 aromatic rings. The molecule has 0 aromatic heterocycles. The third-order valence-electron chi connectivity index (χ3n) is 4.96. The van der Waals surface area contributed by atoms with Crippen molar-refractivity contribution in [3.63, 3.8) is 0 Å². The summed E-state index contributed by atoms with van der Waals surface area (Å²) in [5.74, 6) is -1.09. The minimum absolute atomic E-state index is 0.0165. The molecule has 1 fully saturated rings. The fourth-order valence-electron chi connectivity index (χ4n) is 3.20. The van der Waals surface area contributed by atoms with Crippen LogP contribution in [0.3, 0.4) is 0 Å². The number of amides is 4. The fourth-order valence-corrected chi connectivity index (χ4v) is 4.15. The van der Waals surface area contributed by atoms with E-state index in [9.17, 15) is 22.8 Å². The van der Waals surface area contributed by atoms with Gasteiger partial charge in [0.2, 0.25) is 15.9 Å². The highest BCUT2D eigenvalue weighted by atomic mass is 32.2. The first kappa shape index (κ1) is 22.4. The number of carbonyl (C=O) groups excluding carboxylic acids is 3. The zero-order valence-electron chi connectivity index (χ0n) is 17.7. The molecule has 1 aliphatic rings. The molecule has 3 rings (SSSR count). The van der Waals surface area contributed by atoms with Crippen molar-refractivity contribution < 1.29 is 22.8 Å². The van der Waals surface area contributed by atoms with Crippen LogP contribution in [0.25, 0.3) is 0 Å². The van der Waals surface area contributed by atoms with Crippen molar-refractivity contribution in [1.29, 1.82) is 0 Å². The molecule has 1 aliphatic heterocycles. The van der Waals surface area contributed by atoms with Gasteiger partial charge in [-0.1, -0.05) is 23.8 Å². The van der Waals surface area contributed by atoms with Gasteiger partial charge in [0.05, 0.1) is 4.90 Å². The number of rotatable bonds is 6. The van der Waals surface area contributed by atoms with Gasteiger partial charge in [0.15, 0.2) is 0 Å². The van der Waals surface area contributed by atoms with E-state index in [0.29, 0.717) is 5.69 Å². The van der Waals surface area contributed by atoms with Gasteiger partial charge in [-0.25, -0.2) is 17.5 Å². The third kappa shape index (κ3) is 4.44. The number of benzene rings is 2. The molecule has 1 atom stereocenters. The Hall–Kier alpha value is -3.24. The van der Waals surface area contributed by atoms with Crippen LogP contribution < -0.4 is 10.2 Å². The van der Waals surface area contributed by atoms with Crippen LogP contribution in [-0.4, -0.2) is 62.2 Å². The number of nitrogens with one attached hydrogen (secondary N) is 1. The second kappa shape index (κ2) is 8.48. The van der Waals surface area contributed by atoms with Gasteiger partial charge in [-0.3, -0.25) is 19.4 Å². The number of hydrogen-bond acceptors (Lipinski definition) is 5.